The molecule has 3 heteroatoms. The summed E-state index contributed by atoms with van der Waals surface area (Å²) in [5.74, 6) is 0. The largest absolute Gasteiger partial charge is 0.344 e. The maximum absolute atomic E-state index is 2.43. The van der Waals surface area contributed by atoms with Gasteiger partial charge in [-0.2, -0.15) is 0 Å². The van der Waals surface area contributed by atoms with Gasteiger partial charge in [0.15, 0.2) is 0 Å². The van der Waals surface area contributed by atoms with Gasteiger partial charge in [0.05, 0.1) is 16.7 Å². The van der Waals surface area contributed by atoms with E-state index in [1.807, 2.05) is 0 Å². The molecule has 0 N–H and O–H groups in total. The van der Waals surface area contributed by atoms with E-state index in [4.69, 9.17) is 0 Å². The quantitative estimate of drug-likeness (QED) is 0.136. The minimum Gasteiger partial charge on any atom is -0.344 e. The molecule has 0 amide bonds. The zero-order valence-electron chi connectivity index (χ0n) is 35.6. The van der Waals surface area contributed by atoms with Gasteiger partial charge in [0.2, 0.25) is 0 Å². The first kappa shape index (κ1) is 38.5. The molecule has 0 aliphatic heterocycles. The van der Waals surface area contributed by atoms with E-state index in [0.29, 0.717) is 0 Å². The highest BCUT2D eigenvalue weighted by molar-refractivity contribution is 6.10. The topological polar surface area (TPSA) is 11.4 Å². The van der Waals surface area contributed by atoms with E-state index < -0.39 is 0 Å². The summed E-state index contributed by atoms with van der Waals surface area (Å²) in [6.07, 6.45) is 0. The second-order valence-electron chi connectivity index (χ2n) is 16.2. The number of para-hydroxylation sites is 4. The summed E-state index contributed by atoms with van der Waals surface area (Å²) in [5.41, 5.74) is 18.3. The van der Waals surface area contributed by atoms with Gasteiger partial charge in [0, 0.05) is 57.4 Å². The van der Waals surface area contributed by atoms with Crippen LogP contribution in [0.25, 0.3) is 72.0 Å². The number of hydrogen-bond donors (Lipinski definition) is 0. The molecular formula is C61H45N3. The van der Waals surface area contributed by atoms with E-state index in [1.54, 1.807) is 0 Å². The van der Waals surface area contributed by atoms with Crippen LogP contribution in [-0.2, 0) is 0 Å². The average molecular weight is 820 g/mol. The fraction of sp³-hybridized carbons (Fsp3) is 0.0164. The van der Waals surface area contributed by atoms with E-state index in [1.165, 1.54) is 38.5 Å². The molecule has 0 saturated heterocycles. The third-order valence-corrected chi connectivity index (χ3v) is 12.4. The molecule has 3 nitrogen and oxygen atoms in total. The number of hydrogen-bond acceptors (Lipinski definition) is 2. The summed E-state index contributed by atoms with van der Waals surface area (Å²) in [6.45, 7) is 0. The summed E-state index contributed by atoms with van der Waals surface area (Å²) in [4.78, 5) is 4.70. The molecule has 11 rings (SSSR count). The van der Waals surface area contributed by atoms with Gasteiger partial charge in [0.25, 0.3) is 0 Å². The normalized spacial score (nSPS) is 11.2. The van der Waals surface area contributed by atoms with Crippen molar-refractivity contribution in [1.29, 1.82) is 0 Å². The number of fused-ring (bicyclic) bond motifs is 3. The summed E-state index contributed by atoms with van der Waals surface area (Å²) < 4.78 is 2.40. The molecule has 0 radical (unpaired) electrons. The minimum absolute atomic E-state index is 1.07. The smallest absolute Gasteiger partial charge is 0.0561 e. The van der Waals surface area contributed by atoms with Gasteiger partial charge in [-0.3, -0.25) is 0 Å². The van der Waals surface area contributed by atoms with E-state index >= 15 is 0 Å². The molecule has 0 bridgehead atoms. The molecule has 10 aromatic carbocycles. The molecule has 0 aliphatic carbocycles. The predicted octanol–water partition coefficient (Wildman–Crippen LogP) is 16.7. The predicted molar refractivity (Wildman–Crippen MR) is 272 cm³/mol. The Bertz CT molecular complexity index is 3360. The number of aromatic nitrogens is 1. The third kappa shape index (κ3) is 7.19. The maximum atomic E-state index is 2.43. The van der Waals surface area contributed by atoms with Crippen molar-refractivity contribution in [2.75, 3.05) is 16.8 Å². The van der Waals surface area contributed by atoms with Gasteiger partial charge in [-0.25, -0.2) is 0 Å². The molecule has 0 saturated carbocycles. The number of rotatable bonds is 10. The highest BCUT2D eigenvalue weighted by Gasteiger charge is 2.22. The summed E-state index contributed by atoms with van der Waals surface area (Å²) >= 11 is 0. The Morgan fingerprint density at radius 3 is 1.50 bits per heavy atom. The molecular weight excluding hydrogens is 775 g/mol. The Morgan fingerprint density at radius 1 is 0.297 bits per heavy atom. The molecule has 1 heterocycles. The Balaban J connectivity index is 1.10. The Hall–Kier alpha value is -8.40. The van der Waals surface area contributed by atoms with Crippen LogP contribution in [0.5, 0.6) is 0 Å². The van der Waals surface area contributed by atoms with Crippen LogP contribution in [0.4, 0.5) is 28.4 Å². The van der Waals surface area contributed by atoms with Crippen LogP contribution in [0.3, 0.4) is 0 Å². The highest BCUT2D eigenvalue weighted by Crippen LogP contribution is 2.45. The first-order valence-electron chi connectivity index (χ1n) is 21.9. The van der Waals surface area contributed by atoms with Crippen molar-refractivity contribution in [1.82, 2.24) is 4.57 Å². The molecule has 11 aromatic rings. The Morgan fingerprint density at radius 2 is 0.797 bits per heavy atom. The van der Waals surface area contributed by atoms with Gasteiger partial charge >= 0.3 is 0 Å². The molecule has 1 aromatic heterocycles. The van der Waals surface area contributed by atoms with Crippen LogP contribution < -0.4 is 9.80 Å². The second-order valence-corrected chi connectivity index (χ2v) is 16.2. The molecule has 0 unspecified atom stereocenters. The Labute approximate surface area is 375 Å². The fourth-order valence-electron chi connectivity index (χ4n) is 9.22. The van der Waals surface area contributed by atoms with Crippen molar-refractivity contribution in [3.8, 4) is 50.2 Å². The van der Waals surface area contributed by atoms with Gasteiger partial charge < -0.3 is 14.4 Å². The molecule has 0 aliphatic rings. The zero-order chi connectivity index (χ0) is 42.8. The SMILES string of the molecule is CN(c1ccccc1)c1ccccc1-c1ccc(-c2cc(-c3ccccc3)ccc2N(c2ccc(-c3ccccc3)cc2)c2ccc3c4ccccc4n(-c4ccccc4)c3c2)cc1. The van der Waals surface area contributed by atoms with Crippen molar-refractivity contribution < 1.29 is 0 Å². The van der Waals surface area contributed by atoms with Crippen LogP contribution in [0, 0.1) is 0 Å². The van der Waals surface area contributed by atoms with Crippen LogP contribution in [0.15, 0.2) is 255 Å². The van der Waals surface area contributed by atoms with E-state index in [-0.39, 0.29) is 0 Å². The standard InChI is InChI=1S/C61H45N3/c1-62(50-22-10-4-11-23-50)58-28-16-14-26-54(58)47-30-32-48(33-31-47)57-42-49(45-20-8-3-9-21-45)36-41-60(57)63(52-37-34-46(35-38-52)44-18-6-2-7-19-44)53-39-40-56-55-27-15-17-29-59(55)64(61(56)43-53)51-24-12-5-13-25-51/h2-43H,1H3. The van der Waals surface area contributed by atoms with Gasteiger partial charge in [-0.15, -0.1) is 0 Å². The lowest BCUT2D eigenvalue weighted by Gasteiger charge is -2.29. The summed E-state index contributed by atoms with van der Waals surface area (Å²) in [6, 6.07) is 92.0. The van der Waals surface area contributed by atoms with Gasteiger partial charge in [0.1, 0.15) is 0 Å². The number of benzene rings is 10. The monoisotopic (exact) mass is 819 g/mol. The highest BCUT2D eigenvalue weighted by atomic mass is 15.1. The van der Waals surface area contributed by atoms with E-state index in [2.05, 4.69) is 276 Å². The van der Waals surface area contributed by atoms with Crippen molar-refractivity contribution in [2.24, 2.45) is 0 Å². The molecule has 304 valence electrons. The number of nitrogens with zero attached hydrogens (tertiary/aromatic N) is 3. The van der Waals surface area contributed by atoms with Crippen LogP contribution in [0.2, 0.25) is 0 Å². The van der Waals surface area contributed by atoms with Crippen molar-refractivity contribution >= 4 is 50.2 Å². The lowest BCUT2D eigenvalue weighted by molar-refractivity contribution is 1.18. The van der Waals surface area contributed by atoms with Crippen LogP contribution >= 0.6 is 0 Å². The van der Waals surface area contributed by atoms with Crippen LogP contribution in [0.1, 0.15) is 0 Å². The third-order valence-electron chi connectivity index (χ3n) is 12.4. The molecule has 0 spiro atoms. The van der Waals surface area contributed by atoms with Gasteiger partial charge in [-0.05, 0) is 106 Å². The maximum Gasteiger partial charge on any atom is 0.0561 e. The summed E-state index contributed by atoms with van der Waals surface area (Å²) in [7, 11) is 2.14. The summed E-state index contributed by atoms with van der Waals surface area (Å²) in [5, 5.41) is 2.45. The van der Waals surface area contributed by atoms with Crippen molar-refractivity contribution in [3.63, 3.8) is 0 Å². The lowest BCUT2D eigenvalue weighted by Crippen LogP contribution is -2.11. The molecule has 0 atom stereocenters. The fourth-order valence-corrected chi connectivity index (χ4v) is 9.22. The average Bonchev–Trinajstić information content (AvgIpc) is 3.71. The molecule has 0 fully saturated rings. The van der Waals surface area contributed by atoms with E-state index in [9.17, 15) is 0 Å². The van der Waals surface area contributed by atoms with E-state index in [0.717, 1.165) is 61.9 Å². The van der Waals surface area contributed by atoms with Crippen molar-refractivity contribution in [2.45, 2.75) is 0 Å². The lowest BCUT2D eigenvalue weighted by atomic mass is 9.94. The first-order chi connectivity index (χ1) is 31.7. The Kier molecular flexibility index (Phi) is 10.1. The van der Waals surface area contributed by atoms with Crippen LogP contribution in [-0.4, -0.2) is 11.6 Å². The zero-order valence-corrected chi connectivity index (χ0v) is 35.6. The minimum atomic E-state index is 1.07. The molecule has 64 heavy (non-hydrogen) atoms. The number of anilines is 5. The van der Waals surface area contributed by atoms with Gasteiger partial charge in [-0.1, -0.05) is 182 Å². The van der Waals surface area contributed by atoms with Crippen molar-refractivity contribution in [3.05, 3.63) is 255 Å². The second kappa shape index (κ2) is 16.8. The first-order valence-corrected chi connectivity index (χ1v) is 21.9.